The van der Waals surface area contributed by atoms with Crippen LogP contribution in [0.25, 0.3) is 0 Å². The van der Waals surface area contributed by atoms with Crippen molar-refractivity contribution in [2.75, 3.05) is 6.61 Å². The first-order chi connectivity index (χ1) is 4.33. The third-order valence-corrected chi connectivity index (χ3v) is 0.762. The van der Waals surface area contributed by atoms with Gasteiger partial charge in [0.1, 0.15) is 0 Å². The molecule has 0 aromatic carbocycles. The Morgan fingerprint density at radius 2 is 1.13 bits per heavy atom. The molecule has 13 N–H and O–H groups in total. The number of aliphatic hydroxyl groups excluding tert-OH is 1. The van der Waals surface area contributed by atoms with Crippen LogP contribution in [0.5, 0.6) is 0 Å². The summed E-state index contributed by atoms with van der Waals surface area (Å²) in [6, 6.07) is 0. The van der Waals surface area contributed by atoms with Gasteiger partial charge in [-0.05, 0) is 6.42 Å². The normalized spacial score (nSPS) is 5.07. The molecule has 0 saturated carbocycles. The molecule has 0 aliphatic rings. The second-order valence-corrected chi connectivity index (χ2v) is 3.20. The maximum absolute atomic E-state index is 8.20. The van der Waals surface area contributed by atoms with Crippen LogP contribution in [-0.2, 0) is 12.9 Å². The molecular formula is C5H24Cl2CoO7. The maximum atomic E-state index is 8.20. The van der Waals surface area contributed by atoms with E-state index in [-0.39, 0.29) is 32.9 Å². The molecule has 0 atom stereocenters. The Balaban J connectivity index is -0.00000000843. The minimum atomic E-state index is 0. The van der Waals surface area contributed by atoms with Gasteiger partial charge in [-0.2, -0.15) is 0 Å². The van der Waals surface area contributed by atoms with Gasteiger partial charge in [0.25, 0.3) is 0 Å². The average Bonchev–Trinajstić information content (AvgIpc) is 1.86. The van der Waals surface area contributed by atoms with E-state index in [1.54, 1.807) is 0 Å². The Kier molecular flexibility index (Phi) is 317. The van der Waals surface area contributed by atoms with Gasteiger partial charge in [0.05, 0.1) is 0 Å². The van der Waals surface area contributed by atoms with Crippen molar-refractivity contribution in [1.29, 1.82) is 0 Å². The van der Waals surface area contributed by atoms with Crippen LogP contribution >= 0.6 is 20.3 Å². The van der Waals surface area contributed by atoms with Crippen LogP contribution in [0.2, 0.25) is 0 Å². The minimum absolute atomic E-state index is 0. The van der Waals surface area contributed by atoms with E-state index >= 15 is 0 Å². The first kappa shape index (κ1) is 56.9. The Hall–Kier alpha value is 0.806. The van der Waals surface area contributed by atoms with Crippen molar-refractivity contribution >= 4 is 20.3 Å². The third-order valence-electron chi connectivity index (χ3n) is 0.762. The molecule has 0 radical (unpaired) electrons. The molecule has 0 aromatic heterocycles. The summed E-state index contributed by atoms with van der Waals surface area (Å²) in [5.41, 5.74) is 0. The van der Waals surface area contributed by atoms with Crippen LogP contribution in [0, 0.1) is 0 Å². The summed E-state index contributed by atoms with van der Waals surface area (Å²) in [5.74, 6) is 0. The molecule has 0 rings (SSSR count). The van der Waals surface area contributed by atoms with Gasteiger partial charge < -0.3 is 38.0 Å². The molecule has 109 valence electrons. The van der Waals surface area contributed by atoms with E-state index in [0.717, 1.165) is 12.8 Å². The fourth-order valence-electron chi connectivity index (χ4n) is 0.362. The fourth-order valence-corrected chi connectivity index (χ4v) is 0.362. The Labute approximate surface area is 104 Å². The number of aliphatic hydroxyl groups is 1. The molecular weight excluding hydrogens is 302 g/mol. The molecule has 0 amide bonds. The van der Waals surface area contributed by atoms with Crippen molar-refractivity contribution in [3.05, 3.63) is 0 Å². The standard InChI is InChI=1S/C5H12O.2ClH.Co.6H2O/c1-2-3-4-5-6;;;;;;;;;/h6H,2-5H2,1H3;2*1H;;6*1H2/q;;;+2;;;;;;/p-2. The number of rotatable bonds is 3. The van der Waals surface area contributed by atoms with Gasteiger partial charge in [0, 0.05) is 6.61 Å². The van der Waals surface area contributed by atoms with Crippen LogP contribution in [0.15, 0.2) is 0 Å². The fraction of sp³-hybridized carbons (Fsp3) is 1.00. The summed E-state index contributed by atoms with van der Waals surface area (Å²) in [5, 5.41) is 8.20. The zero-order chi connectivity index (χ0) is 7.54. The molecule has 0 unspecified atom stereocenters. The van der Waals surface area contributed by atoms with Gasteiger partial charge in [-0.15, -0.1) is 0 Å². The molecule has 0 aliphatic heterocycles. The molecule has 15 heavy (non-hydrogen) atoms. The van der Waals surface area contributed by atoms with Gasteiger partial charge in [0.2, 0.25) is 0 Å². The SMILES string of the molecule is CCCCCO.O.O.O.O.O.O.[Cl][Co][Cl]. The van der Waals surface area contributed by atoms with E-state index in [0.29, 0.717) is 19.5 Å². The van der Waals surface area contributed by atoms with Crippen LogP contribution < -0.4 is 0 Å². The summed E-state index contributed by atoms with van der Waals surface area (Å²) in [4.78, 5) is 0. The molecule has 0 aromatic rings. The number of halogens is 2. The second-order valence-electron chi connectivity index (χ2n) is 1.48. The molecule has 0 fully saturated rings. The number of hydrogen-bond donors (Lipinski definition) is 1. The van der Waals surface area contributed by atoms with Gasteiger partial charge in [-0.25, -0.2) is 0 Å². The third kappa shape index (κ3) is 168. The molecule has 10 heteroatoms. The summed E-state index contributed by atoms with van der Waals surface area (Å²) >= 11 is 0.382. The van der Waals surface area contributed by atoms with Gasteiger partial charge in [-0.1, -0.05) is 19.8 Å². The van der Waals surface area contributed by atoms with Crippen molar-refractivity contribution in [2.45, 2.75) is 26.2 Å². The van der Waals surface area contributed by atoms with Crippen molar-refractivity contribution in [3.8, 4) is 0 Å². The van der Waals surface area contributed by atoms with E-state index in [1.165, 1.54) is 6.42 Å². The van der Waals surface area contributed by atoms with Crippen molar-refractivity contribution < 1.29 is 50.9 Å². The van der Waals surface area contributed by atoms with E-state index in [4.69, 9.17) is 25.4 Å². The first-order valence-electron chi connectivity index (χ1n) is 2.78. The van der Waals surface area contributed by atoms with Crippen molar-refractivity contribution in [2.24, 2.45) is 0 Å². The topological polar surface area (TPSA) is 209 Å². The van der Waals surface area contributed by atoms with Crippen molar-refractivity contribution in [3.63, 3.8) is 0 Å². The summed E-state index contributed by atoms with van der Waals surface area (Å²) in [6.07, 6.45) is 3.33. The Bertz CT molecular complexity index is 44.6. The van der Waals surface area contributed by atoms with Crippen LogP contribution in [0.4, 0.5) is 0 Å². The zero-order valence-electron chi connectivity index (χ0n) is 8.36. The van der Waals surface area contributed by atoms with Gasteiger partial charge in [0.15, 0.2) is 0 Å². The average molecular weight is 326 g/mol. The summed E-state index contributed by atoms with van der Waals surface area (Å²) < 4.78 is 0. The quantitative estimate of drug-likeness (QED) is 0.552. The molecule has 0 bridgehead atoms. The second kappa shape index (κ2) is 83.7. The molecule has 7 nitrogen and oxygen atoms in total. The Morgan fingerprint density at radius 1 is 0.867 bits per heavy atom. The van der Waals surface area contributed by atoms with E-state index < -0.39 is 0 Å². The zero-order valence-corrected chi connectivity index (χ0v) is 10.9. The predicted octanol–water partition coefficient (Wildman–Crippen LogP) is -2.40. The summed E-state index contributed by atoms with van der Waals surface area (Å²) in [7, 11) is 9.47. The number of unbranched alkanes of at least 4 members (excludes halogenated alkanes) is 2. The van der Waals surface area contributed by atoms with Gasteiger partial charge >= 0.3 is 33.2 Å². The Morgan fingerprint density at radius 3 is 1.20 bits per heavy atom. The molecule has 0 heterocycles. The van der Waals surface area contributed by atoms with Gasteiger partial charge in [-0.3, -0.25) is 0 Å². The first-order valence-corrected chi connectivity index (χ1v) is 5.64. The van der Waals surface area contributed by atoms with Crippen molar-refractivity contribution in [1.82, 2.24) is 0 Å². The predicted molar refractivity (Wildman–Crippen MR) is 60.0 cm³/mol. The number of hydrogen-bond acceptors (Lipinski definition) is 1. The van der Waals surface area contributed by atoms with Crippen LogP contribution in [0.3, 0.4) is 0 Å². The molecule has 0 saturated heterocycles. The van der Waals surface area contributed by atoms with Crippen LogP contribution in [-0.4, -0.2) is 44.6 Å². The van der Waals surface area contributed by atoms with E-state index in [2.05, 4.69) is 6.92 Å². The van der Waals surface area contributed by atoms with E-state index in [1.807, 2.05) is 0 Å². The molecule has 0 aliphatic carbocycles. The summed E-state index contributed by atoms with van der Waals surface area (Å²) in [6.45, 7) is 2.48. The monoisotopic (exact) mass is 325 g/mol. The van der Waals surface area contributed by atoms with Crippen LogP contribution in [0.1, 0.15) is 26.2 Å². The molecule has 0 spiro atoms. The van der Waals surface area contributed by atoms with E-state index in [9.17, 15) is 0 Å².